The fraction of sp³-hybridized carbons (Fsp3) is 1.00. The van der Waals surface area contributed by atoms with E-state index in [1.165, 1.54) is 0 Å². The van der Waals surface area contributed by atoms with Crippen LogP contribution < -0.4 is 9.79 Å². The molecular formula is C7H11F2O8P-2. The molecule has 1 aliphatic rings. The van der Waals surface area contributed by atoms with Crippen molar-refractivity contribution in [2.45, 2.75) is 42.8 Å². The van der Waals surface area contributed by atoms with Crippen LogP contribution in [0, 0.1) is 0 Å². The van der Waals surface area contributed by atoms with Crippen molar-refractivity contribution in [1.82, 2.24) is 0 Å². The van der Waals surface area contributed by atoms with E-state index in [2.05, 4.69) is 4.74 Å². The largest absolute Gasteiger partial charge is 0.807 e. The van der Waals surface area contributed by atoms with Gasteiger partial charge < -0.3 is 39.5 Å². The van der Waals surface area contributed by atoms with Crippen molar-refractivity contribution in [3.8, 4) is 0 Å². The normalized spacial score (nSPS) is 38.8. The van der Waals surface area contributed by atoms with Gasteiger partial charge in [0.2, 0.25) is 0 Å². The van der Waals surface area contributed by atoms with Gasteiger partial charge in [-0.3, -0.25) is 0 Å². The second kappa shape index (κ2) is 5.06. The van der Waals surface area contributed by atoms with Gasteiger partial charge in [0.25, 0.3) is 5.66 Å². The summed E-state index contributed by atoms with van der Waals surface area (Å²) in [5.41, 5.74) is -4.71. The first-order valence-electron chi connectivity index (χ1n) is 4.75. The minimum atomic E-state index is -6.27. The second-order valence-electron chi connectivity index (χ2n) is 3.90. The van der Waals surface area contributed by atoms with Crippen molar-refractivity contribution in [1.29, 1.82) is 0 Å². The van der Waals surface area contributed by atoms with Crippen LogP contribution in [0.1, 0.15) is 6.42 Å². The SMILES string of the molecule is O=P([O-])([O-])C(F)(F)C[C@H]1O[C@@H](O)[C@H](O)[C@@H](O)[C@@H]1O. The van der Waals surface area contributed by atoms with E-state index in [-0.39, 0.29) is 0 Å². The summed E-state index contributed by atoms with van der Waals surface area (Å²) in [4.78, 5) is 20.5. The average molecular weight is 292 g/mol. The first kappa shape index (κ1) is 15.9. The van der Waals surface area contributed by atoms with Gasteiger partial charge in [0.15, 0.2) is 6.29 Å². The summed E-state index contributed by atoms with van der Waals surface area (Å²) in [6.45, 7) is 0. The van der Waals surface area contributed by atoms with Gasteiger partial charge in [-0.15, -0.1) is 0 Å². The molecule has 8 nitrogen and oxygen atoms in total. The Morgan fingerprint density at radius 2 is 1.61 bits per heavy atom. The number of alkyl halides is 2. The second-order valence-corrected chi connectivity index (χ2v) is 5.55. The molecule has 1 saturated heterocycles. The van der Waals surface area contributed by atoms with E-state index in [1.54, 1.807) is 0 Å². The summed E-state index contributed by atoms with van der Waals surface area (Å²) in [5, 5.41) is 36.5. The first-order chi connectivity index (χ1) is 7.97. The number of aliphatic hydroxyl groups is 4. The number of rotatable bonds is 3. The first-order valence-corrected chi connectivity index (χ1v) is 6.29. The van der Waals surface area contributed by atoms with Gasteiger partial charge in [0, 0.05) is 14.0 Å². The maximum Gasteiger partial charge on any atom is 0.274 e. The Morgan fingerprint density at radius 1 is 1.11 bits per heavy atom. The third kappa shape index (κ3) is 3.03. The molecule has 0 saturated carbocycles. The summed E-state index contributed by atoms with van der Waals surface area (Å²) >= 11 is 0. The van der Waals surface area contributed by atoms with Crippen LogP contribution in [0.2, 0.25) is 0 Å². The van der Waals surface area contributed by atoms with Crippen molar-refractivity contribution < 1.29 is 48.3 Å². The van der Waals surface area contributed by atoms with Crippen molar-refractivity contribution in [3.05, 3.63) is 0 Å². The molecule has 1 rings (SSSR count). The van der Waals surface area contributed by atoms with Crippen LogP contribution in [-0.2, 0) is 9.30 Å². The fourth-order valence-electron chi connectivity index (χ4n) is 1.45. The summed E-state index contributed by atoms with van der Waals surface area (Å²) in [6, 6.07) is 0. The van der Waals surface area contributed by atoms with Crippen LogP contribution >= 0.6 is 7.60 Å². The van der Waals surface area contributed by atoms with Gasteiger partial charge in [-0.2, -0.15) is 0 Å². The third-order valence-corrected chi connectivity index (χ3v) is 3.52. The zero-order valence-corrected chi connectivity index (χ0v) is 9.61. The summed E-state index contributed by atoms with van der Waals surface area (Å²) in [6.07, 6.45) is -11.8. The minimum absolute atomic E-state index is 1.74. The number of hydrogen-bond donors (Lipinski definition) is 4. The van der Waals surface area contributed by atoms with Gasteiger partial charge in [-0.05, 0) is 0 Å². The number of ether oxygens (including phenoxy) is 1. The zero-order chi connectivity index (χ0) is 14.3. The lowest BCUT2D eigenvalue weighted by molar-refractivity contribution is -0.339. The van der Waals surface area contributed by atoms with Crippen molar-refractivity contribution in [2.75, 3.05) is 0 Å². The van der Waals surface area contributed by atoms with Crippen LogP contribution in [-0.4, -0.2) is 56.8 Å². The molecule has 0 aromatic carbocycles. The van der Waals surface area contributed by atoms with E-state index >= 15 is 0 Å². The zero-order valence-electron chi connectivity index (χ0n) is 8.72. The Bertz CT molecular complexity index is 346. The monoisotopic (exact) mass is 292 g/mol. The van der Waals surface area contributed by atoms with Crippen molar-refractivity contribution >= 4 is 7.60 Å². The van der Waals surface area contributed by atoms with E-state index in [1.807, 2.05) is 0 Å². The molecule has 0 aromatic heterocycles. The molecular weight excluding hydrogens is 281 g/mol. The highest BCUT2D eigenvalue weighted by Crippen LogP contribution is 2.49. The van der Waals surface area contributed by atoms with Gasteiger partial charge in [-0.25, -0.2) is 8.78 Å². The molecule has 0 aliphatic carbocycles. The molecule has 0 aromatic rings. The molecule has 1 heterocycles. The van der Waals surface area contributed by atoms with Crippen LogP contribution in [0.4, 0.5) is 8.78 Å². The Morgan fingerprint density at radius 3 is 2.06 bits per heavy atom. The molecule has 5 atom stereocenters. The van der Waals surface area contributed by atoms with Gasteiger partial charge >= 0.3 is 0 Å². The maximum absolute atomic E-state index is 12.9. The molecule has 108 valence electrons. The van der Waals surface area contributed by atoms with E-state index in [0.717, 1.165) is 0 Å². The fourth-order valence-corrected chi connectivity index (χ4v) is 1.86. The molecule has 1 fully saturated rings. The Balaban J connectivity index is 2.82. The molecule has 18 heavy (non-hydrogen) atoms. The molecule has 0 amide bonds. The lowest BCUT2D eigenvalue weighted by Gasteiger charge is -2.43. The smallest absolute Gasteiger partial charge is 0.274 e. The van der Waals surface area contributed by atoms with E-state index in [9.17, 15) is 33.3 Å². The molecule has 1 aliphatic heterocycles. The average Bonchev–Trinajstić information content (AvgIpc) is 2.21. The van der Waals surface area contributed by atoms with Crippen LogP contribution in [0.3, 0.4) is 0 Å². The topological polar surface area (TPSA) is 153 Å². The van der Waals surface area contributed by atoms with Crippen LogP contribution in [0.15, 0.2) is 0 Å². The summed E-state index contributed by atoms with van der Waals surface area (Å²) < 4.78 is 40.5. The minimum Gasteiger partial charge on any atom is -0.807 e. The predicted octanol–water partition coefficient (Wildman–Crippen LogP) is -3.32. The molecule has 0 spiro atoms. The van der Waals surface area contributed by atoms with Crippen LogP contribution in [0.25, 0.3) is 0 Å². The standard InChI is InChI=1S/C7H13F2O8P/c8-7(9,18(14,15)16)1-2-3(10)4(11)5(12)6(13)17-2/h2-6,10-13H,1H2,(H2,14,15,16)/p-2/t2-,3-,4+,5-,6-/m1/s1. The Labute approximate surface area is 99.6 Å². The molecule has 11 heteroatoms. The number of hydrogen-bond acceptors (Lipinski definition) is 8. The molecule has 0 unspecified atom stereocenters. The van der Waals surface area contributed by atoms with Gasteiger partial charge in [-0.1, -0.05) is 0 Å². The van der Waals surface area contributed by atoms with Crippen molar-refractivity contribution in [3.63, 3.8) is 0 Å². The highest BCUT2D eigenvalue weighted by Gasteiger charge is 2.48. The quantitative estimate of drug-likeness (QED) is 0.394. The van der Waals surface area contributed by atoms with E-state index < -0.39 is 50.4 Å². The summed E-state index contributed by atoms with van der Waals surface area (Å²) in [7, 11) is -6.27. The highest BCUT2D eigenvalue weighted by molar-refractivity contribution is 7.50. The van der Waals surface area contributed by atoms with Gasteiger partial charge in [0.05, 0.1) is 6.10 Å². The van der Waals surface area contributed by atoms with Crippen LogP contribution in [0.5, 0.6) is 0 Å². The summed E-state index contributed by atoms with van der Waals surface area (Å²) in [5.74, 6) is 0. The molecule has 0 bridgehead atoms. The molecule has 4 N–H and O–H groups in total. The van der Waals surface area contributed by atoms with Gasteiger partial charge in [0.1, 0.15) is 18.3 Å². The lowest BCUT2D eigenvalue weighted by Crippen LogP contribution is -2.58. The van der Waals surface area contributed by atoms with Crippen molar-refractivity contribution in [2.24, 2.45) is 0 Å². The molecule has 0 radical (unpaired) electrons. The third-order valence-electron chi connectivity index (χ3n) is 2.53. The van der Waals surface area contributed by atoms with E-state index in [0.29, 0.717) is 0 Å². The lowest BCUT2D eigenvalue weighted by atomic mass is 9.97. The number of halogens is 2. The highest BCUT2D eigenvalue weighted by atomic mass is 31.2. The Kier molecular flexibility index (Phi) is 4.46. The van der Waals surface area contributed by atoms with E-state index in [4.69, 9.17) is 10.2 Å². The number of aliphatic hydroxyl groups excluding tert-OH is 4. The predicted molar refractivity (Wildman–Crippen MR) is 46.1 cm³/mol. The maximum atomic E-state index is 12.9. The Hall–Kier alpha value is -0.190.